The monoisotopic (exact) mass is 482 g/mol. The lowest BCUT2D eigenvalue weighted by Crippen LogP contribution is -2.39. The highest BCUT2D eigenvalue weighted by molar-refractivity contribution is 7.17. The van der Waals surface area contributed by atoms with Crippen LogP contribution in [0.15, 0.2) is 24.3 Å². The summed E-state index contributed by atoms with van der Waals surface area (Å²) in [6.45, 7) is 5.06. The molecule has 33 heavy (non-hydrogen) atoms. The number of aromatic nitrogens is 3. The van der Waals surface area contributed by atoms with Crippen LogP contribution in [0.3, 0.4) is 0 Å². The maximum absolute atomic E-state index is 13.1. The molecule has 1 saturated heterocycles. The van der Waals surface area contributed by atoms with Crippen LogP contribution in [0.4, 0.5) is 13.2 Å². The Morgan fingerprint density at radius 3 is 2.45 bits per heavy atom. The summed E-state index contributed by atoms with van der Waals surface area (Å²) in [5, 5.41) is 15.3. The Morgan fingerprint density at radius 2 is 1.91 bits per heavy atom. The van der Waals surface area contributed by atoms with Crippen molar-refractivity contribution in [1.29, 1.82) is 0 Å². The molecule has 1 aromatic carbocycles. The minimum atomic E-state index is -4.43. The number of benzene rings is 1. The molecule has 1 aliphatic rings. The zero-order valence-electron chi connectivity index (χ0n) is 18.3. The van der Waals surface area contributed by atoms with E-state index in [1.165, 1.54) is 28.0 Å². The van der Waals surface area contributed by atoms with E-state index in [1.54, 1.807) is 6.92 Å². The lowest BCUT2D eigenvalue weighted by molar-refractivity contribution is -0.149. The molecule has 0 saturated carbocycles. The molecule has 3 aromatic rings. The normalized spacial score (nSPS) is 16.9. The minimum absolute atomic E-state index is 0.0698. The Labute approximate surface area is 192 Å². The summed E-state index contributed by atoms with van der Waals surface area (Å²) in [5.41, 5.74) is -0.112. The molecule has 7 nitrogen and oxygen atoms in total. The van der Waals surface area contributed by atoms with E-state index < -0.39 is 17.8 Å². The van der Waals surface area contributed by atoms with E-state index in [4.69, 9.17) is 4.74 Å². The van der Waals surface area contributed by atoms with Gasteiger partial charge >= 0.3 is 12.1 Å². The number of likely N-dealkylation sites (tertiary alicyclic amines) is 1. The molecule has 1 fully saturated rings. The average molecular weight is 483 g/mol. The first-order chi connectivity index (χ1) is 15.7. The predicted molar refractivity (Wildman–Crippen MR) is 116 cm³/mol. The number of aromatic hydroxyl groups is 1. The number of rotatable bonds is 6. The number of nitrogens with zero attached hydrogens (tertiary/aromatic N) is 4. The first kappa shape index (κ1) is 23.5. The van der Waals surface area contributed by atoms with E-state index in [0.29, 0.717) is 60.2 Å². The number of piperidine rings is 1. The quantitative estimate of drug-likeness (QED) is 0.524. The Kier molecular flexibility index (Phi) is 6.62. The molecular formula is C22H25F3N4O3S. The van der Waals surface area contributed by atoms with Crippen LogP contribution in [-0.2, 0) is 22.1 Å². The highest BCUT2D eigenvalue weighted by Crippen LogP contribution is 2.42. The summed E-state index contributed by atoms with van der Waals surface area (Å²) in [6.07, 6.45) is -2.68. The molecule has 1 aliphatic heterocycles. The molecule has 1 N–H and O–H groups in total. The van der Waals surface area contributed by atoms with Gasteiger partial charge in [-0.25, -0.2) is 4.98 Å². The fraction of sp³-hybridized carbons (Fsp3) is 0.500. The van der Waals surface area contributed by atoms with Crippen molar-refractivity contribution >= 4 is 22.3 Å². The predicted octanol–water partition coefficient (Wildman–Crippen LogP) is 4.44. The lowest BCUT2D eigenvalue weighted by Gasteiger charge is -2.36. The highest BCUT2D eigenvalue weighted by Gasteiger charge is 2.35. The Morgan fingerprint density at radius 1 is 1.24 bits per heavy atom. The number of carbonyl (C=O) groups excluding carboxylic acids is 1. The molecule has 1 atom stereocenters. The minimum Gasteiger partial charge on any atom is -0.492 e. The Balaban J connectivity index is 1.68. The van der Waals surface area contributed by atoms with Crippen LogP contribution in [0.25, 0.3) is 4.96 Å². The van der Waals surface area contributed by atoms with Crippen LogP contribution in [-0.4, -0.2) is 50.3 Å². The summed E-state index contributed by atoms with van der Waals surface area (Å²) in [7, 11) is 0. The second-order valence-electron chi connectivity index (χ2n) is 7.95. The molecule has 3 heterocycles. The average Bonchev–Trinajstić information content (AvgIpc) is 3.33. The van der Waals surface area contributed by atoms with Gasteiger partial charge in [0, 0.05) is 6.42 Å². The summed E-state index contributed by atoms with van der Waals surface area (Å²) in [4.78, 5) is 19.7. The maximum atomic E-state index is 13.1. The molecule has 11 heteroatoms. The van der Waals surface area contributed by atoms with Gasteiger partial charge in [-0.05, 0) is 50.6 Å². The van der Waals surface area contributed by atoms with Gasteiger partial charge in [-0.3, -0.25) is 9.69 Å². The molecule has 0 amide bonds. The first-order valence-corrected chi connectivity index (χ1v) is 11.7. The first-order valence-electron chi connectivity index (χ1n) is 10.9. The van der Waals surface area contributed by atoms with E-state index in [9.17, 15) is 23.1 Å². The van der Waals surface area contributed by atoms with Crippen molar-refractivity contribution in [1.82, 2.24) is 19.5 Å². The number of carbonyl (C=O) groups is 1. The molecule has 4 rings (SSSR count). The van der Waals surface area contributed by atoms with Crippen LogP contribution >= 0.6 is 11.3 Å². The number of alkyl halides is 3. The highest BCUT2D eigenvalue weighted by atomic mass is 32.1. The van der Waals surface area contributed by atoms with Gasteiger partial charge in [-0.2, -0.15) is 17.7 Å². The second-order valence-corrected chi connectivity index (χ2v) is 8.96. The smallest absolute Gasteiger partial charge is 0.416 e. The molecule has 178 valence electrons. The van der Waals surface area contributed by atoms with Gasteiger partial charge < -0.3 is 9.84 Å². The summed E-state index contributed by atoms with van der Waals surface area (Å²) < 4.78 is 45.8. The molecular weight excluding hydrogens is 457 g/mol. The maximum Gasteiger partial charge on any atom is 0.416 e. The molecule has 0 spiro atoms. The number of esters is 1. The number of halogens is 3. The SMILES string of the molecule is CCOC(=O)C1CCN([C@H](c2ccc(C(F)(F)F)cc2)c2sc3nc(CC)nn3c2O)CC1. The zero-order chi connectivity index (χ0) is 23.8. The van der Waals surface area contributed by atoms with Crippen molar-refractivity contribution < 1.29 is 27.8 Å². The molecule has 2 aromatic heterocycles. The lowest BCUT2D eigenvalue weighted by atomic mass is 9.93. The van der Waals surface area contributed by atoms with E-state index >= 15 is 0 Å². The van der Waals surface area contributed by atoms with Gasteiger partial charge in [-0.15, -0.1) is 5.10 Å². The fourth-order valence-corrected chi connectivity index (χ4v) is 5.29. The van der Waals surface area contributed by atoms with Gasteiger partial charge in [0.1, 0.15) is 0 Å². The van der Waals surface area contributed by atoms with Crippen LogP contribution < -0.4 is 0 Å². The number of hydrogen-bond acceptors (Lipinski definition) is 7. The topological polar surface area (TPSA) is 80.0 Å². The van der Waals surface area contributed by atoms with E-state index in [2.05, 4.69) is 15.0 Å². The van der Waals surface area contributed by atoms with Crippen LogP contribution in [0.2, 0.25) is 0 Å². The summed E-state index contributed by atoms with van der Waals surface area (Å²) in [5.74, 6) is 0.0958. The van der Waals surface area contributed by atoms with Crippen molar-refractivity contribution in [3.8, 4) is 5.88 Å². The third-order valence-electron chi connectivity index (χ3n) is 5.88. The van der Waals surface area contributed by atoms with Crippen molar-refractivity contribution in [2.24, 2.45) is 5.92 Å². The second kappa shape index (κ2) is 9.30. The zero-order valence-corrected chi connectivity index (χ0v) is 19.1. The van der Waals surface area contributed by atoms with Gasteiger partial charge in [0.25, 0.3) is 0 Å². The van der Waals surface area contributed by atoms with Gasteiger partial charge in [0.15, 0.2) is 5.82 Å². The fourth-order valence-electron chi connectivity index (χ4n) is 4.15. The standard InChI is InChI=1S/C22H25F3N4O3S/c1-3-16-26-21-29(27-16)19(30)18(33-21)17(13-5-7-15(8-6-13)22(23,24)25)28-11-9-14(10-12-28)20(31)32-4-2/h5-8,14,17,30H,3-4,9-12H2,1-2H3/t17-/m1/s1. The van der Waals surface area contributed by atoms with E-state index in [1.807, 2.05) is 6.92 Å². The Bertz CT molecular complexity index is 1120. The molecule has 0 bridgehead atoms. The third-order valence-corrected chi connectivity index (χ3v) is 6.95. The van der Waals surface area contributed by atoms with Crippen molar-refractivity contribution in [3.05, 3.63) is 46.1 Å². The van der Waals surface area contributed by atoms with E-state index in [0.717, 1.165) is 12.1 Å². The van der Waals surface area contributed by atoms with Gasteiger partial charge in [-0.1, -0.05) is 30.4 Å². The number of ether oxygens (including phenoxy) is 1. The largest absolute Gasteiger partial charge is 0.492 e. The van der Waals surface area contributed by atoms with Gasteiger partial charge in [0.05, 0.1) is 29.0 Å². The van der Waals surface area contributed by atoms with Crippen molar-refractivity contribution in [2.75, 3.05) is 19.7 Å². The van der Waals surface area contributed by atoms with E-state index in [-0.39, 0.29) is 17.8 Å². The number of thiazole rings is 1. The van der Waals surface area contributed by atoms with Crippen LogP contribution in [0.5, 0.6) is 5.88 Å². The van der Waals surface area contributed by atoms with Crippen molar-refractivity contribution in [3.63, 3.8) is 0 Å². The number of aryl methyl sites for hydroxylation is 1. The summed E-state index contributed by atoms with van der Waals surface area (Å²) >= 11 is 1.27. The number of fused-ring (bicyclic) bond motifs is 1. The van der Waals surface area contributed by atoms with Gasteiger partial charge in [0.2, 0.25) is 10.8 Å². The molecule has 0 aliphatic carbocycles. The Hall–Kier alpha value is -2.66. The van der Waals surface area contributed by atoms with Crippen LogP contribution in [0, 0.1) is 5.92 Å². The third kappa shape index (κ3) is 4.70. The number of hydrogen-bond donors (Lipinski definition) is 1. The van der Waals surface area contributed by atoms with Crippen molar-refractivity contribution in [2.45, 2.75) is 45.3 Å². The molecule has 0 unspecified atom stereocenters. The van der Waals surface area contributed by atoms with Crippen LogP contribution in [0.1, 0.15) is 54.6 Å². The molecule has 0 radical (unpaired) electrons. The summed E-state index contributed by atoms with van der Waals surface area (Å²) in [6, 6.07) is 4.50.